The van der Waals surface area contributed by atoms with Crippen LogP contribution in [0, 0.1) is 11.3 Å². The molecule has 2 N–H and O–H groups in total. The van der Waals surface area contributed by atoms with E-state index in [-0.39, 0.29) is 10.6 Å². The second kappa shape index (κ2) is 7.28. The molecule has 0 aliphatic heterocycles. The molecule has 0 radical (unpaired) electrons. The molecule has 25 heavy (non-hydrogen) atoms. The smallest absolute Gasteiger partial charge is 0.114 e. The summed E-state index contributed by atoms with van der Waals surface area (Å²) in [6.07, 6.45) is 3.65. The quantitative estimate of drug-likeness (QED) is 0.381. The monoisotopic (exact) mass is 385 g/mol. The molecule has 2 aromatic carbocycles. The van der Waals surface area contributed by atoms with E-state index in [2.05, 4.69) is 0 Å². The number of aromatic nitrogens is 1. The molecule has 0 saturated heterocycles. The number of nitriles is 1. The molecule has 0 atom stereocenters. The number of fused-ring (bicyclic) bond motifs is 1. The van der Waals surface area contributed by atoms with Gasteiger partial charge in [-0.15, -0.1) is 0 Å². The molecule has 0 aliphatic carbocycles. The van der Waals surface area contributed by atoms with Crippen molar-refractivity contribution >= 4 is 57.4 Å². The highest BCUT2D eigenvalue weighted by molar-refractivity contribution is 7.80. The van der Waals surface area contributed by atoms with Gasteiger partial charge in [-0.1, -0.05) is 59.7 Å². The Balaban J connectivity index is 2.15. The fourth-order valence-electron chi connectivity index (χ4n) is 2.69. The molecule has 1 aromatic heterocycles. The van der Waals surface area contributed by atoms with E-state index in [0.29, 0.717) is 16.6 Å². The number of thiocarbonyl (C=S) groups is 1. The van der Waals surface area contributed by atoms with E-state index >= 15 is 0 Å². The van der Waals surface area contributed by atoms with Crippen molar-refractivity contribution in [2.24, 2.45) is 5.73 Å². The summed E-state index contributed by atoms with van der Waals surface area (Å²) in [5.41, 5.74) is 8.59. The van der Waals surface area contributed by atoms with Gasteiger partial charge in [0.25, 0.3) is 0 Å². The first-order valence-corrected chi connectivity index (χ1v) is 8.60. The Kier molecular flexibility index (Phi) is 5.10. The van der Waals surface area contributed by atoms with E-state index in [1.54, 1.807) is 6.08 Å². The molecule has 0 bridgehead atoms. The Morgan fingerprint density at radius 3 is 2.48 bits per heavy atom. The van der Waals surface area contributed by atoms with Gasteiger partial charge in [-0.2, -0.15) is 5.26 Å². The van der Waals surface area contributed by atoms with Crippen molar-refractivity contribution in [3.8, 4) is 6.07 Å². The lowest BCUT2D eigenvalue weighted by Crippen LogP contribution is -2.09. The SMILES string of the molecule is N#C/C(=C/c1cn(Cc2c(Cl)cccc2Cl)c2ccccc12)C(N)=S. The molecule has 6 heteroatoms. The van der Waals surface area contributed by atoms with Crippen LogP contribution in [0.15, 0.2) is 54.2 Å². The number of nitrogens with zero attached hydrogens (tertiary/aromatic N) is 2. The lowest BCUT2D eigenvalue weighted by Gasteiger charge is -2.09. The van der Waals surface area contributed by atoms with Gasteiger partial charge < -0.3 is 10.3 Å². The Hall–Kier alpha value is -2.32. The maximum absolute atomic E-state index is 9.22. The number of benzene rings is 2. The average Bonchev–Trinajstić information content (AvgIpc) is 2.93. The lowest BCUT2D eigenvalue weighted by atomic mass is 10.1. The molecule has 3 aromatic rings. The van der Waals surface area contributed by atoms with Crippen molar-refractivity contribution in [3.63, 3.8) is 0 Å². The molecule has 0 fully saturated rings. The van der Waals surface area contributed by atoms with Gasteiger partial charge in [-0.3, -0.25) is 0 Å². The van der Waals surface area contributed by atoms with Crippen molar-refractivity contribution in [3.05, 3.63) is 75.4 Å². The predicted molar refractivity (Wildman–Crippen MR) is 108 cm³/mol. The van der Waals surface area contributed by atoms with Crippen LogP contribution in [-0.4, -0.2) is 9.56 Å². The van der Waals surface area contributed by atoms with Gasteiger partial charge in [0, 0.05) is 38.3 Å². The summed E-state index contributed by atoms with van der Waals surface area (Å²) in [4.78, 5) is 0.0773. The third-order valence-corrected chi connectivity index (χ3v) is 4.82. The first kappa shape index (κ1) is 17.5. The van der Waals surface area contributed by atoms with E-state index in [9.17, 15) is 5.26 Å². The van der Waals surface area contributed by atoms with Gasteiger partial charge in [-0.05, 0) is 24.3 Å². The topological polar surface area (TPSA) is 54.7 Å². The van der Waals surface area contributed by atoms with Crippen molar-refractivity contribution in [2.45, 2.75) is 6.54 Å². The fourth-order valence-corrected chi connectivity index (χ4v) is 3.31. The highest BCUT2D eigenvalue weighted by atomic mass is 35.5. The first-order chi connectivity index (χ1) is 12.0. The number of halogens is 2. The number of hydrogen-bond donors (Lipinski definition) is 1. The van der Waals surface area contributed by atoms with Gasteiger partial charge in [-0.25, -0.2) is 0 Å². The number of nitrogens with two attached hydrogens (primary N) is 1. The summed E-state index contributed by atoms with van der Waals surface area (Å²) in [5, 5.41) is 11.4. The number of hydrogen-bond acceptors (Lipinski definition) is 2. The largest absolute Gasteiger partial charge is 0.389 e. The van der Waals surface area contributed by atoms with Crippen LogP contribution >= 0.6 is 35.4 Å². The third kappa shape index (κ3) is 3.54. The fraction of sp³-hybridized carbons (Fsp3) is 0.0526. The van der Waals surface area contributed by atoms with Gasteiger partial charge >= 0.3 is 0 Å². The Bertz CT molecular complexity index is 1020. The lowest BCUT2D eigenvalue weighted by molar-refractivity contribution is 0.836. The minimum Gasteiger partial charge on any atom is -0.389 e. The predicted octanol–water partition coefficient (Wildman–Crippen LogP) is 5.19. The molecule has 3 nitrogen and oxygen atoms in total. The summed E-state index contributed by atoms with van der Waals surface area (Å²) in [7, 11) is 0. The highest BCUT2D eigenvalue weighted by Crippen LogP contribution is 2.29. The molecule has 1 heterocycles. The molecule has 0 saturated carbocycles. The minimum atomic E-state index is 0.0773. The summed E-state index contributed by atoms with van der Waals surface area (Å²) >= 11 is 17.5. The first-order valence-electron chi connectivity index (χ1n) is 7.43. The van der Waals surface area contributed by atoms with Crippen LogP contribution in [0.3, 0.4) is 0 Å². The second-order valence-corrected chi connectivity index (χ2v) is 6.72. The zero-order valence-electron chi connectivity index (χ0n) is 13.0. The van der Waals surface area contributed by atoms with Crippen LogP contribution in [0.2, 0.25) is 10.0 Å². The molecule has 0 aliphatic rings. The summed E-state index contributed by atoms with van der Waals surface area (Å²) < 4.78 is 2.04. The van der Waals surface area contributed by atoms with Crippen LogP contribution in [0.5, 0.6) is 0 Å². The van der Waals surface area contributed by atoms with Crippen molar-refractivity contribution in [2.75, 3.05) is 0 Å². The Morgan fingerprint density at radius 2 is 1.84 bits per heavy atom. The van der Waals surface area contributed by atoms with E-state index in [0.717, 1.165) is 22.0 Å². The summed E-state index contributed by atoms with van der Waals surface area (Å²) in [5.74, 6) is 0. The number of rotatable bonds is 4. The molecule has 0 unspecified atom stereocenters. The van der Waals surface area contributed by atoms with Crippen molar-refractivity contribution in [1.29, 1.82) is 5.26 Å². The molecule has 124 valence electrons. The van der Waals surface area contributed by atoms with Crippen molar-refractivity contribution < 1.29 is 0 Å². The zero-order chi connectivity index (χ0) is 18.0. The maximum Gasteiger partial charge on any atom is 0.114 e. The van der Waals surface area contributed by atoms with Crippen LogP contribution in [0.25, 0.3) is 17.0 Å². The summed E-state index contributed by atoms with van der Waals surface area (Å²) in [6, 6.07) is 15.4. The third-order valence-electron chi connectivity index (χ3n) is 3.90. The van der Waals surface area contributed by atoms with Crippen LogP contribution in [-0.2, 0) is 6.54 Å². The zero-order valence-corrected chi connectivity index (χ0v) is 15.4. The maximum atomic E-state index is 9.22. The number of para-hydroxylation sites is 1. The minimum absolute atomic E-state index is 0.0773. The van der Waals surface area contributed by atoms with E-state index < -0.39 is 0 Å². The van der Waals surface area contributed by atoms with Crippen LogP contribution in [0.1, 0.15) is 11.1 Å². The molecule has 3 rings (SSSR count). The second-order valence-electron chi connectivity index (χ2n) is 5.46. The van der Waals surface area contributed by atoms with Gasteiger partial charge in [0.2, 0.25) is 0 Å². The van der Waals surface area contributed by atoms with Crippen molar-refractivity contribution in [1.82, 2.24) is 4.57 Å². The summed E-state index contributed by atoms with van der Waals surface area (Å²) in [6.45, 7) is 0.516. The van der Waals surface area contributed by atoms with Gasteiger partial charge in [0.15, 0.2) is 0 Å². The molecular formula is C19H13Cl2N3S. The van der Waals surface area contributed by atoms with E-state index in [4.69, 9.17) is 41.2 Å². The molecule has 0 spiro atoms. The standard InChI is InChI=1S/C19H13Cl2N3S/c20-16-5-3-6-17(21)15(16)11-24-10-13(8-12(9-22)19(23)25)14-4-1-2-7-18(14)24/h1-8,10H,11H2,(H2,23,25)/b12-8-. The van der Waals surface area contributed by atoms with Crippen LogP contribution in [0.4, 0.5) is 0 Å². The average molecular weight is 386 g/mol. The molecular weight excluding hydrogens is 373 g/mol. The molecule has 0 amide bonds. The van der Waals surface area contributed by atoms with E-state index in [1.807, 2.05) is 59.3 Å². The Labute approximate surface area is 160 Å². The Morgan fingerprint density at radius 1 is 1.16 bits per heavy atom. The van der Waals surface area contributed by atoms with E-state index in [1.165, 1.54) is 0 Å². The van der Waals surface area contributed by atoms with Crippen LogP contribution < -0.4 is 5.73 Å². The normalized spacial score (nSPS) is 11.5. The van der Waals surface area contributed by atoms with Gasteiger partial charge in [0.05, 0.1) is 12.1 Å². The highest BCUT2D eigenvalue weighted by Gasteiger charge is 2.12. The van der Waals surface area contributed by atoms with Gasteiger partial charge in [0.1, 0.15) is 11.1 Å².